The van der Waals surface area contributed by atoms with Crippen molar-refractivity contribution in [3.8, 4) is 0 Å². The predicted molar refractivity (Wildman–Crippen MR) is 108 cm³/mol. The Morgan fingerprint density at radius 1 is 1.07 bits per heavy atom. The van der Waals surface area contributed by atoms with Crippen LogP contribution in [0.2, 0.25) is 0 Å². The first kappa shape index (κ1) is 18.8. The standard InChI is InChI=1S/C20H23N3O4S/c1-14(15-5-7-16(8-6-15)23-11-3-2-4-12-23)22-28(25,26)17-9-10-19-18(13-17)21-20(24)27-19/h5-10,13-14,22H,2-4,11-12H2,1H3,(H,21,24)/t14-/m0/s1. The summed E-state index contributed by atoms with van der Waals surface area (Å²) in [7, 11) is -3.74. The highest BCUT2D eigenvalue weighted by atomic mass is 32.2. The second-order valence-corrected chi connectivity index (χ2v) is 8.87. The van der Waals surface area contributed by atoms with Crippen molar-refractivity contribution in [2.75, 3.05) is 18.0 Å². The van der Waals surface area contributed by atoms with Gasteiger partial charge in [-0.05, 0) is 62.1 Å². The van der Waals surface area contributed by atoms with E-state index in [1.165, 1.54) is 43.1 Å². The number of sulfonamides is 1. The van der Waals surface area contributed by atoms with Gasteiger partial charge in [0, 0.05) is 24.8 Å². The molecule has 1 aliphatic heterocycles. The summed E-state index contributed by atoms with van der Waals surface area (Å²) in [5.41, 5.74) is 2.74. The maximum atomic E-state index is 12.7. The number of benzene rings is 2. The van der Waals surface area contributed by atoms with Gasteiger partial charge in [0.2, 0.25) is 10.0 Å². The molecule has 0 radical (unpaired) electrons. The second-order valence-electron chi connectivity index (χ2n) is 7.15. The van der Waals surface area contributed by atoms with E-state index in [0.29, 0.717) is 11.1 Å². The highest BCUT2D eigenvalue weighted by molar-refractivity contribution is 7.89. The van der Waals surface area contributed by atoms with Crippen molar-refractivity contribution >= 4 is 26.8 Å². The van der Waals surface area contributed by atoms with Crippen LogP contribution in [-0.2, 0) is 10.0 Å². The van der Waals surface area contributed by atoms with E-state index in [1.54, 1.807) is 0 Å². The Hall–Kier alpha value is -2.58. The Bertz CT molecular complexity index is 1130. The van der Waals surface area contributed by atoms with Gasteiger partial charge in [-0.25, -0.2) is 17.9 Å². The molecule has 0 aliphatic carbocycles. The number of hydrogen-bond acceptors (Lipinski definition) is 5. The maximum Gasteiger partial charge on any atom is 0.417 e. The van der Waals surface area contributed by atoms with Crippen LogP contribution in [0.25, 0.3) is 11.1 Å². The first-order valence-corrected chi connectivity index (χ1v) is 10.9. The number of fused-ring (bicyclic) bond motifs is 1. The van der Waals surface area contributed by atoms with E-state index < -0.39 is 15.8 Å². The number of oxazole rings is 1. The van der Waals surface area contributed by atoms with Gasteiger partial charge in [0.15, 0.2) is 5.58 Å². The van der Waals surface area contributed by atoms with E-state index in [-0.39, 0.29) is 10.9 Å². The first-order chi connectivity index (χ1) is 13.4. The lowest BCUT2D eigenvalue weighted by Crippen LogP contribution is -2.29. The number of anilines is 1. The second kappa shape index (κ2) is 7.44. The van der Waals surface area contributed by atoms with Gasteiger partial charge in [0.05, 0.1) is 10.4 Å². The molecule has 28 heavy (non-hydrogen) atoms. The molecule has 7 nitrogen and oxygen atoms in total. The zero-order chi connectivity index (χ0) is 19.7. The van der Waals surface area contributed by atoms with E-state index in [2.05, 4.69) is 14.6 Å². The van der Waals surface area contributed by atoms with Crippen molar-refractivity contribution in [1.29, 1.82) is 0 Å². The molecule has 2 heterocycles. The lowest BCUT2D eigenvalue weighted by atomic mass is 10.1. The molecule has 148 valence electrons. The normalized spacial score (nSPS) is 16.4. The lowest BCUT2D eigenvalue weighted by Gasteiger charge is -2.29. The van der Waals surface area contributed by atoms with Gasteiger partial charge in [-0.15, -0.1) is 0 Å². The van der Waals surface area contributed by atoms with E-state index in [9.17, 15) is 13.2 Å². The number of nitrogens with one attached hydrogen (secondary N) is 2. The molecule has 1 saturated heterocycles. The minimum absolute atomic E-state index is 0.0776. The zero-order valence-corrected chi connectivity index (χ0v) is 16.5. The summed E-state index contributed by atoms with van der Waals surface area (Å²) in [4.78, 5) is 16.2. The van der Waals surface area contributed by atoms with Crippen molar-refractivity contribution in [1.82, 2.24) is 9.71 Å². The molecule has 1 aromatic heterocycles. The van der Waals surface area contributed by atoms with Crippen LogP contribution in [-0.4, -0.2) is 26.5 Å². The molecule has 2 N–H and O–H groups in total. The van der Waals surface area contributed by atoms with Crippen molar-refractivity contribution in [3.05, 3.63) is 58.6 Å². The van der Waals surface area contributed by atoms with Crippen LogP contribution < -0.4 is 15.4 Å². The fraction of sp³-hybridized carbons (Fsp3) is 0.350. The highest BCUT2D eigenvalue weighted by Crippen LogP contribution is 2.24. The maximum absolute atomic E-state index is 12.7. The third kappa shape index (κ3) is 3.83. The van der Waals surface area contributed by atoms with Gasteiger partial charge in [0.25, 0.3) is 0 Å². The first-order valence-electron chi connectivity index (χ1n) is 9.42. The van der Waals surface area contributed by atoms with Crippen LogP contribution in [0.5, 0.6) is 0 Å². The molecule has 0 bridgehead atoms. The van der Waals surface area contributed by atoms with E-state index >= 15 is 0 Å². The molecule has 0 saturated carbocycles. The average molecular weight is 401 g/mol. The Morgan fingerprint density at radius 2 is 1.79 bits per heavy atom. The number of rotatable bonds is 5. The summed E-state index contributed by atoms with van der Waals surface area (Å²) < 4.78 is 33.1. The number of aromatic nitrogens is 1. The van der Waals surface area contributed by atoms with Gasteiger partial charge in [0.1, 0.15) is 0 Å². The van der Waals surface area contributed by atoms with Crippen molar-refractivity contribution in [3.63, 3.8) is 0 Å². The Labute approximate surface area is 163 Å². The largest absolute Gasteiger partial charge is 0.417 e. The summed E-state index contributed by atoms with van der Waals surface area (Å²) >= 11 is 0. The molecule has 8 heteroatoms. The fourth-order valence-electron chi connectivity index (χ4n) is 3.59. The summed E-state index contributed by atoms with van der Waals surface area (Å²) in [5, 5.41) is 0. The van der Waals surface area contributed by atoms with Gasteiger partial charge in [-0.3, -0.25) is 4.98 Å². The number of piperidine rings is 1. The molecule has 1 fully saturated rings. The molecule has 1 atom stereocenters. The monoisotopic (exact) mass is 401 g/mol. The predicted octanol–water partition coefficient (Wildman–Crippen LogP) is 3.15. The molecule has 0 unspecified atom stereocenters. The van der Waals surface area contributed by atoms with Crippen molar-refractivity contribution in [2.45, 2.75) is 37.1 Å². The summed E-state index contributed by atoms with van der Waals surface area (Å²) in [6.07, 6.45) is 3.71. The van der Waals surface area contributed by atoms with Gasteiger partial charge >= 0.3 is 5.76 Å². The summed E-state index contributed by atoms with van der Waals surface area (Å²) in [5.74, 6) is -0.611. The quantitative estimate of drug-likeness (QED) is 0.685. The van der Waals surface area contributed by atoms with Crippen LogP contribution in [0, 0.1) is 0 Å². The van der Waals surface area contributed by atoms with Crippen molar-refractivity contribution < 1.29 is 12.8 Å². The molecule has 2 aromatic carbocycles. The minimum Gasteiger partial charge on any atom is -0.408 e. The Balaban J connectivity index is 1.50. The number of H-pyrrole nitrogens is 1. The molecule has 4 rings (SSSR count). The lowest BCUT2D eigenvalue weighted by molar-refractivity contribution is 0.555. The number of nitrogens with zero attached hydrogens (tertiary/aromatic N) is 1. The highest BCUT2D eigenvalue weighted by Gasteiger charge is 2.20. The number of aromatic amines is 1. The molecule has 1 aliphatic rings. The Kier molecular flexibility index (Phi) is 4.99. The van der Waals surface area contributed by atoms with Crippen LogP contribution >= 0.6 is 0 Å². The Morgan fingerprint density at radius 3 is 2.50 bits per heavy atom. The van der Waals surface area contributed by atoms with Crippen molar-refractivity contribution in [2.24, 2.45) is 0 Å². The van der Waals surface area contributed by atoms with E-state index in [0.717, 1.165) is 18.7 Å². The summed E-state index contributed by atoms with van der Waals surface area (Å²) in [6, 6.07) is 11.9. The van der Waals surface area contributed by atoms with Gasteiger partial charge in [-0.1, -0.05) is 12.1 Å². The van der Waals surface area contributed by atoms with E-state index in [4.69, 9.17) is 4.42 Å². The third-order valence-corrected chi connectivity index (χ3v) is 6.69. The molecular weight excluding hydrogens is 378 g/mol. The SMILES string of the molecule is C[C@H](NS(=O)(=O)c1ccc2oc(=O)[nH]c2c1)c1ccc(N2CCCCC2)cc1. The van der Waals surface area contributed by atoms with E-state index in [1.807, 2.05) is 31.2 Å². The summed E-state index contributed by atoms with van der Waals surface area (Å²) in [6.45, 7) is 3.95. The molecular formula is C20H23N3O4S. The number of hydrogen-bond donors (Lipinski definition) is 2. The smallest absolute Gasteiger partial charge is 0.408 e. The van der Waals surface area contributed by atoms with Crippen LogP contribution in [0.4, 0.5) is 5.69 Å². The zero-order valence-electron chi connectivity index (χ0n) is 15.6. The van der Waals surface area contributed by atoms with Gasteiger partial charge < -0.3 is 9.32 Å². The fourth-order valence-corrected chi connectivity index (χ4v) is 4.85. The topological polar surface area (TPSA) is 95.4 Å². The average Bonchev–Trinajstić information content (AvgIpc) is 3.07. The van der Waals surface area contributed by atoms with Crippen LogP contribution in [0.1, 0.15) is 37.8 Å². The van der Waals surface area contributed by atoms with Gasteiger partial charge in [-0.2, -0.15) is 0 Å². The molecule has 0 spiro atoms. The third-order valence-electron chi connectivity index (χ3n) is 5.15. The minimum atomic E-state index is -3.74. The molecule has 0 amide bonds. The molecule has 3 aromatic rings. The van der Waals surface area contributed by atoms with Crippen LogP contribution in [0.15, 0.2) is 56.6 Å². The van der Waals surface area contributed by atoms with Crippen LogP contribution in [0.3, 0.4) is 0 Å².